The number of rotatable bonds is 3. The molecule has 3 atom stereocenters. The third kappa shape index (κ3) is 2.98. The minimum atomic E-state index is -0.714. The van der Waals surface area contributed by atoms with Gasteiger partial charge in [-0.15, -0.1) is 0 Å². The van der Waals surface area contributed by atoms with Crippen LogP contribution in [0.2, 0.25) is 0 Å². The molecule has 0 saturated carbocycles. The molecule has 0 aromatic heterocycles. The molecule has 0 bridgehead atoms. The molecule has 3 amide bonds. The zero-order chi connectivity index (χ0) is 20.1. The summed E-state index contributed by atoms with van der Waals surface area (Å²) in [5.41, 5.74) is 0.487. The van der Waals surface area contributed by atoms with Gasteiger partial charge in [-0.2, -0.15) is 0 Å². The molecule has 3 aliphatic heterocycles. The van der Waals surface area contributed by atoms with Crippen molar-refractivity contribution in [3.05, 3.63) is 29.8 Å². The lowest BCUT2D eigenvalue weighted by molar-refractivity contribution is -0.143. The first-order chi connectivity index (χ1) is 13.3. The zero-order valence-corrected chi connectivity index (χ0v) is 16.7. The van der Waals surface area contributed by atoms with Crippen LogP contribution in [0.1, 0.15) is 50.4 Å². The van der Waals surface area contributed by atoms with Crippen LogP contribution in [0.25, 0.3) is 0 Å². The van der Waals surface area contributed by atoms with Crippen molar-refractivity contribution < 1.29 is 19.1 Å². The molecule has 1 aromatic carbocycles. The van der Waals surface area contributed by atoms with E-state index in [4.69, 9.17) is 4.74 Å². The largest absolute Gasteiger partial charge is 0.372 e. The highest BCUT2D eigenvalue weighted by atomic mass is 16.5. The average molecular weight is 385 g/mol. The molecule has 7 heteroatoms. The lowest BCUT2D eigenvalue weighted by Gasteiger charge is -2.48. The second kappa shape index (κ2) is 6.88. The smallest absolute Gasteiger partial charge is 0.257 e. The minimum Gasteiger partial charge on any atom is -0.372 e. The normalized spacial score (nSPS) is 29.8. The quantitative estimate of drug-likeness (QED) is 0.798. The summed E-state index contributed by atoms with van der Waals surface area (Å²) >= 11 is 0. The van der Waals surface area contributed by atoms with Crippen molar-refractivity contribution >= 4 is 23.4 Å². The third-order valence-electron chi connectivity index (χ3n) is 6.07. The highest BCUT2D eigenvalue weighted by Gasteiger charge is 2.52. The van der Waals surface area contributed by atoms with Gasteiger partial charge in [0.1, 0.15) is 5.66 Å². The summed E-state index contributed by atoms with van der Waals surface area (Å²) in [6, 6.07) is 7.23. The topological polar surface area (TPSA) is 70.2 Å². The Balaban J connectivity index is 1.55. The van der Waals surface area contributed by atoms with E-state index in [1.165, 1.54) is 0 Å². The Morgan fingerprint density at radius 2 is 1.86 bits per heavy atom. The van der Waals surface area contributed by atoms with Gasteiger partial charge in [0.15, 0.2) is 0 Å². The van der Waals surface area contributed by atoms with Crippen LogP contribution in [-0.2, 0) is 14.3 Å². The van der Waals surface area contributed by atoms with Crippen LogP contribution in [0.5, 0.6) is 0 Å². The Kier molecular flexibility index (Phi) is 4.65. The van der Waals surface area contributed by atoms with Crippen molar-refractivity contribution in [3.63, 3.8) is 0 Å². The van der Waals surface area contributed by atoms with E-state index in [2.05, 4.69) is 0 Å². The van der Waals surface area contributed by atoms with E-state index in [0.29, 0.717) is 43.7 Å². The van der Waals surface area contributed by atoms with Crippen LogP contribution in [0.4, 0.5) is 5.69 Å². The second-order valence-corrected chi connectivity index (χ2v) is 8.23. The Labute approximate surface area is 165 Å². The summed E-state index contributed by atoms with van der Waals surface area (Å²) < 4.78 is 5.70. The summed E-state index contributed by atoms with van der Waals surface area (Å²) in [7, 11) is 0. The molecule has 0 aliphatic carbocycles. The van der Waals surface area contributed by atoms with Gasteiger partial charge in [-0.05, 0) is 39.3 Å². The first-order valence-corrected chi connectivity index (χ1v) is 9.98. The van der Waals surface area contributed by atoms with Gasteiger partial charge in [0.25, 0.3) is 5.91 Å². The molecule has 0 spiro atoms. The van der Waals surface area contributed by atoms with Crippen LogP contribution in [0.3, 0.4) is 0 Å². The number of hydrogen-bond acceptors (Lipinski definition) is 4. The standard InChI is InChI=1S/C21H27N3O4/c1-14-12-22(13-15(2)28-14)18(25)9-11-23-20(27)16-6-4-5-7-17(16)24-19(26)8-10-21(23,24)3/h4-7,14-15H,8-13H2,1-3H3. The van der Waals surface area contributed by atoms with Gasteiger partial charge < -0.3 is 14.5 Å². The second-order valence-electron chi connectivity index (χ2n) is 8.23. The number of anilines is 1. The number of carbonyl (C=O) groups excluding carboxylic acids is 3. The molecule has 3 aliphatic rings. The molecule has 0 N–H and O–H groups in total. The monoisotopic (exact) mass is 385 g/mol. The van der Waals surface area contributed by atoms with Crippen molar-refractivity contribution in [2.45, 2.75) is 57.9 Å². The Bertz CT molecular complexity index is 816. The van der Waals surface area contributed by atoms with Crippen molar-refractivity contribution in [2.24, 2.45) is 0 Å². The van der Waals surface area contributed by atoms with Crippen LogP contribution in [0.15, 0.2) is 24.3 Å². The van der Waals surface area contributed by atoms with Crippen LogP contribution in [-0.4, -0.2) is 65.0 Å². The van der Waals surface area contributed by atoms with Crippen LogP contribution < -0.4 is 4.90 Å². The van der Waals surface area contributed by atoms with Crippen LogP contribution in [0, 0.1) is 0 Å². The fraction of sp³-hybridized carbons (Fsp3) is 0.571. The number of carbonyl (C=O) groups is 3. The van der Waals surface area contributed by atoms with Crippen molar-refractivity contribution in [1.82, 2.24) is 9.80 Å². The van der Waals surface area contributed by atoms with E-state index in [9.17, 15) is 14.4 Å². The number of nitrogens with zero attached hydrogens (tertiary/aromatic N) is 3. The molecule has 2 saturated heterocycles. The Hall–Kier alpha value is -2.41. The van der Waals surface area contributed by atoms with E-state index in [-0.39, 0.29) is 36.4 Å². The Morgan fingerprint density at radius 1 is 1.18 bits per heavy atom. The molecule has 28 heavy (non-hydrogen) atoms. The van der Waals surface area contributed by atoms with Crippen molar-refractivity contribution in [2.75, 3.05) is 24.5 Å². The van der Waals surface area contributed by atoms with Crippen molar-refractivity contribution in [3.8, 4) is 0 Å². The van der Waals surface area contributed by atoms with Gasteiger partial charge in [-0.1, -0.05) is 12.1 Å². The maximum Gasteiger partial charge on any atom is 0.257 e. The third-order valence-corrected chi connectivity index (χ3v) is 6.07. The predicted octanol–water partition coefficient (Wildman–Crippen LogP) is 2.01. The average Bonchev–Trinajstić information content (AvgIpc) is 2.96. The van der Waals surface area contributed by atoms with E-state index in [1.54, 1.807) is 21.9 Å². The van der Waals surface area contributed by atoms with Gasteiger partial charge in [0.2, 0.25) is 11.8 Å². The molecular formula is C21H27N3O4. The number of morpholine rings is 1. The summed E-state index contributed by atoms with van der Waals surface area (Å²) in [5, 5.41) is 0. The van der Waals surface area contributed by atoms with Gasteiger partial charge in [-0.25, -0.2) is 0 Å². The highest BCUT2D eigenvalue weighted by Crippen LogP contribution is 2.43. The molecule has 1 aromatic rings. The summed E-state index contributed by atoms with van der Waals surface area (Å²) in [4.78, 5) is 43.9. The van der Waals surface area contributed by atoms with E-state index < -0.39 is 5.66 Å². The fourth-order valence-electron chi connectivity index (χ4n) is 4.79. The number of fused-ring (bicyclic) bond motifs is 3. The SMILES string of the molecule is CC1CN(C(=O)CCN2C(=O)c3ccccc3N3C(=O)CCC23C)CC(C)O1. The first kappa shape index (κ1) is 18.9. The maximum atomic E-state index is 13.2. The lowest BCUT2D eigenvalue weighted by Crippen LogP contribution is -2.62. The van der Waals surface area contributed by atoms with Gasteiger partial charge in [0.05, 0.1) is 23.5 Å². The summed E-state index contributed by atoms with van der Waals surface area (Å²) in [6.07, 6.45) is 1.24. The molecular weight excluding hydrogens is 358 g/mol. The van der Waals surface area contributed by atoms with E-state index in [1.807, 2.05) is 37.8 Å². The molecule has 4 rings (SSSR count). The van der Waals surface area contributed by atoms with E-state index in [0.717, 1.165) is 0 Å². The lowest BCUT2D eigenvalue weighted by atomic mass is 9.98. The first-order valence-electron chi connectivity index (χ1n) is 9.98. The number of ether oxygens (including phenoxy) is 1. The number of amides is 3. The minimum absolute atomic E-state index is 0.0108. The molecule has 3 heterocycles. The molecule has 0 radical (unpaired) electrons. The fourth-order valence-corrected chi connectivity index (χ4v) is 4.79. The van der Waals surface area contributed by atoms with E-state index >= 15 is 0 Å². The predicted molar refractivity (Wildman–Crippen MR) is 104 cm³/mol. The Morgan fingerprint density at radius 3 is 2.57 bits per heavy atom. The van der Waals surface area contributed by atoms with Crippen molar-refractivity contribution in [1.29, 1.82) is 0 Å². The highest BCUT2D eigenvalue weighted by molar-refractivity contribution is 6.10. The van der Waals surface area contributed by atoms with Gasteiger partial charge in [-0.3, -0.25) is 19.3 Å². The summed E-state index contributed by atoms with van der Waals surface area (Å²) in [6.45, 7) is 7.29. The van der Waals surface area contributed by atoms with Gasteiger partial charge >= 0.3 is 0 Å². The number of para-hydroxylation sites is 1. The number of hydrogen-bond donors (Lipinski definition) is 0. The molecule has 3 unspecified atom stereocenters. The van der Waals surface area contributed by atoms with Gasteiger partial charge in [0, 0.05) is 32.5 Å². The zero-order valence-electron chi connectivity index (χ0n) is 16.7. The summed E-state index contributed by atoms with van der Waals surface area (Å²) in [5.74, 6) is -0.0664. The van der Waals surface area contributed by atoms with Crippen LogP contribution >= 0.6 is 0 Å². The number of benzene rings is 1. The molecule has 7 nitrogen and oxygen atoms in total. The molecule has 150 valence electrons. The maximum absolute atomic E-state index is 13.2. The molecule has 2 fully saturated rings.